The first kappa shape index (κ1) is 19.4. The Morgan fingerprint density at radius 2 is 1.92 bits per heavy atom. The minimum Gasteiger partial charge on any atom is -0.369 e. The molecule has 1 aromatic carbocycles. The summed E-state index contributed by atoms with van der Waals surface area (Å²) in [6.45, 7) is 1.40. The first-order chi connectivity index (χ1) is 11.7. The Labute approximate surface area is 148 Å². The lowest BCUT2D eigenvalue weighted by molar-refractivity contribution is -0.125. The lowest BCUT2D eigenvalue weighted by Crippen LogP contribution is -2.44. The van der Waals surface area contributed by atoms with Crippen LogP contribution in [0.1, 0.15) is 12.8 Å². The molecule has 0 aliphatic carbocycles. The number of carbonyl (C=O) groups is 2. The number of hydrogen-bond donors (Lipinski definition) is 2. The van der Waals surface area contributed by atoms with Crippen LogP contribution in [0, 0.1) is 5.92 Å². The van der Waals surface area contributed by atoms with Gasteiger partial charge in [0.05, 0.1) is 17.4 Å². The lowest BCUT2D eigenvalue weighted by atomic mass is 9.97. The van der Waals surface area contributed by atoms with Crippen LogP contribution >= 0.6 is 0 Å². The van der Waals surface area contributed by atoms with Crippen molar-refractivity contribution >= 4 is 27.5 Å². The summed E-state index contributed by atoms with van der Waals surface area (Å²) in [6, 6.07) is 6.01. The van der Waals surface area contributed by atoms with Crippen molar-refractivity contribution in [2.45, 2.75) is 17.7 Å². The quantitative estimate of drug-likeness (QED) is 0.738. The van der Waals surface area contributed by atoms with E-state index in [4.69, 9.17) is 5.73 Å². The topological polar surface area (TPSA) is 113 Å². The number of primary amides is 1. The number of nitrogens with two attached hydrogens (primary N) is 1. The lowest BCUT2D eigenvalue weighted by Gasteiger charge is -2.30. The van der Waals surface area contributed by atoms with Gasteiger partial charge >= 0.3 is 0 Å². The summed E-state index contributed by atoms with van der Waals surface area (Å²) >= 11 is 0. The molecule has 2 rings (SSSR count). The number of amides is 2. The molecule has 1 aliphatic rings. The Balaban J connectivity index is 1.94. The summed E-state index contributed by atoms with van der Waals surface area (Å²) in [5.74, 6) is -0.756. The zero-order valence-corrected chi connectivity index (χ0v) is 15.3. The van der Waals surface area contributed by atoms with E-state index >= 15 is 0 Å². The van der Waals surface area contributed by atoms with Crippen molar-refractivity contribution in [3.63, 3.8) is 0 Å². The average molecular weight is 368 g/mol. The van der Waals surface area contributed by atoms with Gasteiger partial charge in [-0.3, -0.25) is 14.5 Å². The molecule has 1 saturated heterocycles. The molecular weight excluding hydrogens is 344 g/mol. The molecule has 2 amide bonds. The summed E-state index contributed by atoms with van der Waals surface area (Å²) in [5.41, 5.74) is 5.86. The van der Waals surface area contributed by atoms with E-state index in [9.17, 15) is 18.0 Å². The maximum atomic E-state index is 12.2. The van der Waals surface area contributed by atoms with Gasteiger partial charge in [-0.1, -0.05) is 0 Å². The van der Waals surface area contributed by atoms with Gasteiger partial charge in [-0.05, 0) is 43.7 Å². The van der Waals surface area contributed by atoms with Gasteiger partial charge in [0, 0.05) is 26.3 Å². The monoisotopic (exact) mass is 368 g/mol. The van der Waals surface area contributed by atoms with Crippen LogP contribution in [0.3, 0.4) is 0 Å². The number of piperidine rings is 1. The SMILES string of the molecule is CN(C)S(=O)(=O)c1ccc(NC(=O)CN2CCC[C@H](C(N)=O)C2)cc1. The molecule has 1 atom stereocenters. The minimum absolute atomic E-state index is 0.163. The second-order valence-electron chi connectivity index (χ2n) is 6.34. The van der Waals surface area contributed by atoms with Crippen LogP contribution in [-0.2, 0) is 19.6 Å². The summed E-state index contributed by atoms with van der Waals surface area (Å²) < 4.78 is 25.1. The smallest absolute Gasteiger partial charge is 0.242 e. The van der Waals surface area contributed by atoms with Crippen molar-refractivity contribution in [1.29, 1.82) is 0 Å². The Morgan fingerprint density at radius 3 is 2.48 bits per heavy atom. The fraction of sp³-hybridized carbons (Fsp3) is 0.500. The van der Waals surface area contributed by atoms with Crippen LogP contribution in [0.2, 0.25) is 0 Å². The van der Waals surface area contributed by atoms with Crippen molar-refractivity contribution in [3.05, 3.63) is 24.3 Å². The van der Waals surface area contributed by atoms with Gasteiger partial charge < -0.3 is 11.1 Å². The molecule has 1 fully saturated rings. The van der Waals surface area contributed by atoms with E-state index in [0.717, 1.165) is 23.7 Å². The summed E-state index contributed by atoms with van der Waals surface area (Å²) in [7, 11) is -0.568. The van der Waals surface area contributed by atoms with E-state index in [2.05, 4.69) is 5.32 Å². The number of likely N-dealkylation sites (tertiary alicyclic amines) is 1. The number of rotatable bonds is 6. The molecule has 0 bridgehead atoms. The maximum absolute atomic E-state index is 12.2. The number of benzene rings is 1. The maximum Gasteiger partial charge on any atom is 0.242 e. The molecule has 1 aromatic rings. The van der Waals surface area contributed by atoms with Gasteiger partial charge in [0.2, 0.25) is 21.8 Å². The number of sulfonamides is 1. The van der Waals surface area contributed by atoms with Gasteiger partial charge in [-0.25, -0.2) is 12.7 Å². The Hall–Kier alpha value is -1.97. The fourth-order valence-corrected chi connectivity index (χ4v) is 3.66. The van der Waals surface area contributed by atoms with Gasteiger partial charge in [-0.2, -0.15) is 0 Å². The average Bonchev–Trinajstić information content (AvgIpc) is 2.55. The third-order valence-corrected chi connectivity index (χ3v) is 6.02. The molecule has 0 unspecified atom stereocenters. The van der Waals surface area contributed by atoms with Crippen molar-refractivity contribution in [1.82, 2.24) is 9.21 Å². The molecule has 9 heteroatoms. The van der Waals surface area contributed by atoms with E-state index in [1.165, 1.54) is 26.2 Å². The number of hydrogen-bond acceptors (Lipinski definition) is 5. The van der Waals surface area contributed by atoms with E-state index < -0.39 is 10.0 Å². The third-order valence-electron chi connectivity index (χ3n) is 4.19. The second-order valence-corrected chi connectivity index (χ2v) is 8.49. The molecule has 8 nitrogen and oxygen atoms in total. The molecule has 0 aromatic heterocycles. The highest BCUT2D eigenvalue weighted by atomic mass is 32.2. The molecule has 1 aliphatic heterocycles. The Kier molecular flexibility index (Phi) is 6.15. The predicted octanol–water partition coefficient (Wildman–Crippen LogP) is 0.0727. The van der Waals surface area contributed by atoms with Crippen molar-refractivity contribution in [2.75, 3.05) is 39.0 Å². The molecule has 0 radical (unpaired) electrons. The zero-order valence-electron chi connectivity index (χ0n) is 14.4. The highest BCUT2D eigenvalue weighted by Gasteiger charge is 2.25. The molecule has 3 N–H and O–H groups in total. The zero-order chi connectivity index (χ0) is 18.6. The number of nitrogens with one attached hydrogen (secondary N) is 1. The van der Waals surface area contributed by atoms with Gasteiger partial charge in [0.1, 0.15) is 0 Å². The molecule has 1 heterocycles. The fourth-order valence-electron chi connectivity index (χ4n) is 2.76. The highest BCUT2D eigenvalue weighted by molar-refractivity contribution is 7.89. The van der Waals surface area contributed by atoms with Gasteiger partial charge in [0.25, 0.3) is 0 Å². The van der Waals surface area contributed by atoms with E-state index in [1.807, 2.05) is 4.90 Å². The van der Waals surface area contributed by atoms with Crippen LogP contribution in [0.25, 0.3) is 0 Å². The largest absolute Gasteiger partial charge is 0.369 e. The molecule has 138 valence electrons. The third kappa shape index (κ3) is 5.00. The Morgan fingerprint density at radius 1 is 1.28 bits per heavy atom. The normalized spacial score (nSPS) is 18.9. The van der Waals surface area contributed by atoms with Crippen molar-refractivity contribution < 1.29 is 18.0 Å². The van der Waals surface area contributed by atoms with Crippen LogP contribution in [0.4, 0.5) is 5.69 Å². The van der Waals surface area contributed by atoms with Crippen LogP contribution in [0.5, 0.6) is 0 Å². The van der Waals surface area contributed by atoms with Crippen molar-refractivity contribution in [3.8, 4) is 0 Å². The van der Waals surface area contributed by atoms with Crippen LogP contribution < -0.4 is 11.1 Å². The number of anilines is 1. The highest BCUT2D eigenvalue weighted by Crippen LogP contribution is 2.18. The summed E-state index contributed by atoms with van der Waals surface area (Å²) in [4.78, 5) is 25.5. The van der Waals surface area contributed by atoms with Gasteiger partial charge in [-0.15, -0.1) is 0 Å². The molecular formula is C16H24N4O4S. The van der Waals surface area contributed by atoms with Crippen LogP contribution in [-0.4, -0.2) is 63.2 Å². The number of carbonyl (C=O) groups excluding carboxylic acids is 2. The predicted molar refractivity (Wildman–Crippen MR) is 94.3 cm³/mol. The van der Waals surface area contributed by atoms with E-state index in [0.29, 0.717) is 12.2 Å². The Bertz CT molecular complexity index is 731. The van der Waals surface area contributed by atoms with Crippen molar-refractivity contribution in [2.24, 2.45) is 11.7 Å². The van der Waals surface area contributed by atoms with Gasteiger partial charge in [0.15, 0.2) is 0 Å². The summed E-state index contributed by atoms with van der Waals surface area (Å²) in [6.07, 6.45) is 1.59. The molecule has 0 saturated carbocycles. The minimum atomic E-state index is -3.49. The first-order valence-electron chi connectivity index (χ1n) is 8.04. The van der Waals surface area contributed by atoms with Crippen LogP contribution in [0.15, 0.2) is 29.2 Å². The molecule has 0 spiro atoms. The van der Waals surface area contributed by atoms with E-state index in [-0.39, 0.29) is 29.2 Å². The second kappa shape index (κ2) is 7.94. The first-order valence-corrected chi connectivity index (χ1v) is 9.48. The standard InChI is InChI=1S/C16H24N4O4S/c1-19(2)25(23,24)14-7-5-13(6-8-14)18-15(21)11-20-9-3-4-12(10-20)16(17)22/h5-8,12H,3-4,9-11H2,1-2H3,(H2,17,22)(H,18,21)/t12-/m0/s1. The molecule has 25 heavy (non-hydrogen) atoms. The van der Waals surface area contributed by atoms with E-state index in [1.54, 1.807) is 12.1 Å². The summed E-state index contributed by atoms with van der Waals surface area (Å²) in [5, 5.41) is 2.74. The number of nitrogens with zero attached hydrogens (tertiary/aromatic N) is 2.